The quantitative estimate of drug-likeness (QED) is 0.587. The minimum Gasteiger partial charge on any atom is -0.481 e. The number of ether oxygens (including phenoxy) is 1. The van der Waals surface area contributed by atoms with Gasteiger partial charge in [0.05, 0.1) is 7.11 Å². The molecule has 1 aromatic heterocycles. The Balaban J connectivity index is 2.41. The van der Waals surface area contributed by atoms with Crippen molar-refractivity contribution in [2.24, 2.45) is 0 Å². The molecule has 16 heavy (non-hydrogen) atoms. The molecule has 0 bridgehead atoms. The molecule has 0 aliphatic carbocycles. The Morgan fingerprint density at radius 3 is 2.94 bits per heavy atom. The smallest absolute Gasteiger partial charge is 0.218 e. The highest BCUT2D eigenvalue weighted by atomic mass is 16.5. The molecule has 1 aromatic rings. The van der Waals surface area contributed by atoms with Crippen LogP contribution in [0.4, 0.5) is 5.82 Å². The van der Waals surface area contributed by atoms with Crippen molar-refractivity contribution in [1.82, 2.24) is 9.97 Å². The van der Waals surface area contributed by atoms with Gasteiger partial charge in [-0.3, -0.25) is 0 Å². The van der Waals surface area contributed by atoms with E-state index in [9.17, 15) is 0 Å². The van der Waals surface area contributed by atoms with Crippen molar-refractivity contribution >= 4 is 5.82 Å². The summed E-state index contributed by atoms with van der Waals surface area (Å²) in [5.41, 5.74) is 0. The zero-order chi connectivity index (χ0) is 11.8. The number of hydrogen-bond donors (Lipinski definition) is 1. The minimum absolute atomic E-state index is 0.582. The van der Waals surface area contributed by atoms with Gasteiger partial charge in [0.2, 0.25) is 5.88 Å². The molecule has 0 aromatic carbocycles. The van der Waals surface area contributed by atoms with E-state index in [2.05, 4.69) is 21.2 Å². The van der Waals surface area contributed by atoms with E-state index in [1.54, 1.807) is 13.2 Å². The first kappa shape index (κ1) is 12.3. The molecule has 0 aliphatic heterocycles. The molecule has 4 heteroatoms. The van der Waals surface area contributed by atoms with Crippen molar-refractivity contribution in [3.05, 3.63) is 11.9 Å². The van der Waals surface area contributed by atoms with Gasteiger partial charge in [-0.2, -0.15) is 4.98 Å². The van der Waals surface area contributed by atoms with E-state index in [1.807, 2.05) is 6.92 Å². The molecule has 0 aliphatic rings. The van der Waals surface area contributed by atoms with E-state index in [-0.39, 0.29) is 0 Å². The number of unbranched alkanes of at least 4 members (excludes halogenated alkanes) is 2. The third-order valence-corrected chi connectivity index (χ3v) is 2.08. The van der Waals surface area contributed by atoms with Gasteiger partial charge < -0.3 is 10.1 Å². The van der Waals surface area contributed by atoms with Crippen LogP contribution in [0.3, 0.4) is 0 Å². The first-order valence-corrected chi connectivity index (χ1v) is 5.33. The second-order valence-electron chi connectivity index (χ2n) is 3.43. The number of aryl methyl sites for hydroxylation is 1. The van der Waals surface area contributed by atoms with Crippen molar-refractivity contribution in [2.75, 3.05) is 19.0 Å². The van der Waals surface area contributed by atoms with Crippen LogP contribution >= 0.6 is 0 Å². The SMILES string of the molecule is C#CCCCCNc1cc(OC)nc(C)n1. The van der Waals surface area contributed by atoms with Gasteiger partial charge >= 0.3 is 0 Å². The second kappa shape index (κ2) is 6.67. The Labute approximate surface area is 96.5 Å². The first-order valence-electron chi connectivity index (χ1n) is 5.33. The lowest BCUT2D eigenvalue weighted by molar-refractivity contribution is 0.396. The van der Waals surface area contributed by atoms with Crippen LogP contribution < -0.4 is 10.1 Å². The number of hydrogen-bond acceptors (Lipinski definition) is 4. The van der Waals surface area contributed by atoms with E-state index in [0.717, 1.165) is 31.6 Å². The standard InChI is InChI=1S/C12H17N3O/c1-4-5-6-7-8-13-11-9-12(16-3)15-10(2)14-11/h1,9H,5-8H2,2-3H3,(H,13,14,15). The van der Waals surface area contributed by atoms with Crippen LogP contribution in [-0.4, -0.2) is 23.6 Å². The highest BCUT2D eigenvalue weighted by Crippen LogP contribution is 2.12. The molecule has 1 heterocycles. The summed E-state index contributed by atoms with van der Waals surface area (Å²) in [6.07, 6.45) is 8.07. The summed E-state index contributed by atoms with van der Waals surface area (Å²) in [5, 5.41) is 3.22. The van der Waals surface area contributed by atoms with Crippen LogP contribution in [0.2, 0.25) is 0 Å². The molecule has 86 valence electrons. The molecule has 0 unspecified atom stereocenters. The van der Waals surface area contributed by atoms with Gasteiger partial charge in [-0.15, -0.1) is 12.3 Å². The van der Waals surface area contributed by atoms with Crippen LogP contribution in [0.5, 0.6) is 5.88 Å². The molecular formula is C12H17N3O. The number of nitrogens with zero attached hydrogens (tertiary/aromatic N) is 2. The van der Waals surface area contributed by atoms with Gasteiger partial charge in [-0.05, 0) is 19.8 Å². The summed E-state index contributed by atoms with van der Waals surface area (Å²) in [5.74, 6) is 4.70. The molecule has 1 rings (SSSR count). The highest BCUT2D eigenvalue weighted by Gasteiger charge is 2.00. The summed E-state index contributed by atoms with van der Waals surface area (Å²) in [4.78, 5) is 8.37. The van der Waals surface area contributed by atoms with Crippen LogP contribution in [-0.2, 0) is 0 Å². The predicted molar refractivity (Wildman–Crippen MR) is 64.5 cm³/mol. The Morgan fingerprint density at radius 1 is 1.44 bits per heavy atom. The second-order valence-corrected chi connectivity index (χ2v) is 3.43. The molecule has 4 nitrogen and oxygen atoms in total. The van der Waals surface area contributed by atoms with E-state index in [4.69, 9.17) is 11.2 Å². The Hall–Kier alpha value is -1.76. The number of rotatable bonds is 6. The fourth-order valence-electron chi connectivity index (χ4n) is 1.30. The van der Waals surface area contributed by atoms with Crippen molar-refractivity contribution in [3.63, 3.8) is 0 Å². The minimum atomic E-state index is 0.582. The van der Waals surface area contributed by atoms with Crippen molar-refractivity contribution in [2.45, 2.75) is 26.2 Å². The number of terminal acetylenes is 1. The summed E-state index contributed by atoms with van der Waals surface area (Å²) >= 11 is 0. The molecule has 0 atom stereocenters. The molecule has 0 spiro atoms. The van der Waals surface area contributed by atoms with Crippen LogP contribution in [0, 0.1) is 19.3 Å². The fourth-order valence-corrected chi connectivity index (χ4v) is 1.30. The maximum Gasteiger partial charge on any atom is 0.218 e. The lowest BCUT2D eigenvalue weighted by Crippen LogP contribution is -2.05. The highest BCUT2D eigenvalue weighted by molar-refractivity contribution is 5.38. The van der Waals surface area contributed by atoms with Crippen LogP contribution in [0.25, 0.3) is 0 Å². The molecule has 0 saturated heterocycles. The predicted octanol–water partition coefficient (Wildman–Crippen LogP) is 2.01. The van der Waals surface area contributed by atoms with Gasteiger partial charge in [-0.1, -0.05) is 0 Å². The van der Waals surface area contributed by atoms with Gasteiger partial charge in [0.1, 0.15) is 11.6 Å². The van der Waals surface area contributed by atoms with Gasteiger partial charge in [-0.25, -0.2) is 4.98 Å². The van der Waals surface area contributed by atoms with Crippen molar-refractivity contribution in [3.8, 4) is 18.2 Å². The molecule has 0 saturated carbocycles. The van der Waals surface area contributed by atoms with Crippen molar-refractivity contribution in [1.29, 1.82) is 0 Å². The monoisotopic (exact) mass is 219 g/mol. The molecular weight excluding hydrogens is 202 g/mol. The Morgan fingerprint density at radius 2 is 2.25 bits per heavy atom. The fraction of sp³-hybridized carbons (Fsp3) is 0.500. The number of aromatic nitrogens is 2. The Kier molecular flexibility index (Phi) is 5.13. The summed E-state index contributed by atoms with van der Waals surface area (Å²) in [7, 11) is 1.60. The van der Waals surface area contributed by atoms with Gasteiger partial charge in [0.15, 0.2) is 0 Å². The van der Waals surface area contributed by atoms with E-state index in [1.165, 1.54) is 0 Å². The van der Waals surface area contributed by atoms with Crippen molar-refractivity contribution < 1.29 is 4.74 Å². The number of anilines is 1. The summed E-state index contributed by atoms with van der Waals surface area (Å²) in [6.45, 7) is 2.70. The van der Waals surface area contributed by atoms with E-state index < -0.39 is 0 Å². The lowest BCUT2D eigenvalue weighted by Gasteiger charge is -2.07. The van der Waals surface area contributed by atoms with Gasteiger partial charge in [0, 0.05) is 19.0 Å². The third-order valence-electron chi connectivity index (χ3n) is 2.08. The molecule has 0 fully saturated rings. The summed E-state index contributed by atoms with van der Waals surface area (Å²) < 4.78 is 5.06. The molecule has 0 amide bonds. The summed E-state index contributed by atoms with van der Waals surface area (Å²) in [6, 6.07) is 1.79. The average Bonchev–Trinajstić information content (AvgIpc) is 2.28. The topological polar surface area (TPSA) is 47.0 Å². The number of methoxy groups -OCH3 is 1. The largest absolute Gasteiger partial charge is 0.481 e. The average molecular weight is 219 g/mol. The van der Waals surface area contributed by atoms with Crippen LogP contribution in [0.1, 0.15) is 25.1 Å². The van der Waals surface area contributed by atoms with Gasteiger partial charge in [0.25, 0.3) is 0 Å². The molecule has 1 N–H and O–H groups in total. The maximum absolute atomic E-state index is 5.17. The zero-order valence-electron chi connectivity index (χ0n) is 9.79. The normalized spacial score (nSPS) is 9.56. The van der Waals surface area contributed by atoms with Crippen LogP contribution in [0.15, 0.2) is 6.07 Å². The number of nitrogens with one attached hydrogen (secondary N) is 1. The van der Waals surface area contributed by atoms with E-state index in [0.29, 0.717) is 11.7 Å². The Bertz CT molecular complexity index is 371. The third kappa shape index (κ3) is 4.18. The molecule has 0 radical (unpaired) electrons. The first-order chi connectivity index (χ1) is 7.76. The maximum atomic E-state index is 5.17. The lowest BCUT2D eigenvalue weighted by atomic mass is 10.2. The van der Waals surface area contributed by atoms with E-state index >= 15 is 0 Å². The zero-order valence-corrected chi connectivity index (χ0v) is 9.79.